The van der Waals surface area contributed by atoms with E-state index in [4.69, 9.17) is 20.2 Å². The Morgan fingerprint density at radius 1 is 1.00 bits per heavy atom. The van der Waals surface area contributed by atoms with E-state index in [1.165, 1.54) is 0 Å². The molecule has 0 saturated carbocycles. The van der Waals surface area contributed by atoms with Crippen molar-refractivity contribution in [3.8, 4) is 12.1 Å². The number of halogens is 1. The molecule has 12 heavy (non-hydrogen) atoms. The molecule has 0 bridgehead atoms. The third-order valence-corrected chi connectivity index (χ3v) is 1.17. The minimum atomic E-state index is 0.435. The van der Waals surface area contributed by atoms with E-state index in [9.17, 15) is 0 Å². The molecule has 0 saturated heterocycles. The van der Waals surface area contributed by atoms with Crippen molar-refractivity contribution in [2.24, 2.45) is 0 Å². The topological polar surface area (TPSA) is 47.6 Å². The second-order valence-corrected chi connectivity index (χ2v) is 1.77. The van der Waals surface area contributed by atoms with Crippen molar-refractivity contribution in [1.29, 1.82) is 10.5 Å². The minimum absolute atomic E-state index is 0.435. The van der Waals surface area contributed by atoms with Crippen LogP contribution in [0.5, 0.6) is 0 Å². The van der Waals surface area contributed by atoms with Crippen LogP contribution >= 0.6 is 9.64 Å². The second kappa shape index (κ2) is 6.81. The van der Waals surface area contributed by atoms with Gasteiger partial charge in [-0.1, -0.05) is 12.1 Å². The molecule has 0 spiro atoms. The summed E-state index contributed by atoms with van der Waals surface area (Å²) in [6, 6.07) is 10.6. The molecule has 0 N–H and O–H groups in total. The first-order valence-corrected chi connectivity index (χ1v) is 8.67. The summed E-state index contributed by atoms with van der Waals surface area (Å²) in [6.07, 6.45) is 0. The summed E-state index contributed by atoms with van der Waals surface area (Å²) in [7, 11) is 4.83. The van der Waals surface area contributed by atoms with E-state index in [0.29, 0.717) is 28.7 Å². The van der Waals surface area contributed by atoms with E-state index in [2.05, 4.69) is 0 Å². The Labute approximate surface area is 85.3 Å². The van der Waals surface area contributed by atoms with Crippen molar-refractivity contribution >= 4 is 27.2 Å². The van der Waals surface area contributed by atoms with Crippen LogP contribution in [0.1, 0.15) is 11.1 Å². The summed E-state index contributed by atoms with van der Waals surface area (Å²) in [5, 5.41) is 16.9. The molecule has 0 amide bonds. The maximum absolute atomic E-state index is 8.45. The van der Waals surface area contributed by atoms with Crippen LogP contribution in [0.25, 0.3) is 0 Å². The predicted octanol–water partition coefficient (Wildman–Crippen LogP) is 1.20. The Hall–Kier alpha value is -0.874. The van der Waals surface area contributed by atoms with Gasteiger partial charge in [0.1, 0.15) is 12.1 Å². The van der Waals surface area contributed by atoms with Gasteiger partial charge in [0, 0.05) is 0 Å². The fourth-order valence-electron chi connectivity index (χ4n) is 0.678. The van der Waals surface area contributed by atoms with Gasteiger partial charge < -0.3 is 0 Å². The van der Waals surface area contributed by atoms with E-state index in [0.717, 1.165) is 0 Å². The zero-order valence-corrected chi connectivity index (χ0v) is 11.5. The molecular weight excluding hydrogens is 229 g/mol. The van der Waals surface area contributed by atoms with Crippen LogP contribution in [-0.4, -0.2) is 17.6 Å². The molecule has 0 unspecified atom stereocenters. The predicted molar refractivity (Wildman–Crippen MR) is 50.3 cm³/mol. The zero-order valence-electron chi connectivity index (χ0n) is 6.58. The van der Waals surface area contributed by atoms with E-state index in [1.54, 1.807) is 24.3 Å². The molecule has 0 heterocycles. The van der Waals surface area contributed by atoms with Gasteiger partial charge in [-0.2, -0.15) is 10.5 Å². The molecule has 0 radical (unpaired) electrons. The molecule has 0 fully saturated rings. The average Bonchev–Trinajstić information content (AvgIpc) is 2.20. The number of hydrogen-bond acceptors (Lipinski definition) is 2. The SMILES string of the molecule is N#Cc1ccccc1C#N.[Cl][GaH2]. The molecule has 0 atom stereocenters. The zero-order chi connectivity index (χ0) is 9.40. The van der Waals surface area contributed by atoms with Crippen molar-refractivity contribution in [3.05, 3.63) is 35.4 Å². The van der Waals surface area contributed by atoms with Gasteiger partial charge in [0.15, 0.2) is 0 Å². The Morgan fingerprint density at radius 2 is 1.33 bits per heavy atom. The Balaban J connectivity index is 0.000000561. The van der Waals surface area contributed by atoms with Crippen LogP contribution in [0.4, 0.5) is 0 Å². The fraction of sp³-hybridized carbons (Fsp3) is 0. The van der Waals surface area contributed by atoms with Gasteiger partial charge in [-0.25, -0.2) is 0 Å². The van der Waals surface area contributed by atoms with Crippen LogP contribution in [-0.2, 0) is 0 Å². The molecule has 1 rings (SSSR count). The molecule has 58 valence electrons. The average molecular weight is 235 g/mol. The summed E-state index contributed by atoms with van der Waals surface area (Å²) in [6.45, 7) is 0. The summed E-state index contributed by atoms with van der Waals surface area (Å²) in [4.78, 5) is 0. The summed E-state index contributed by atoms with van der Waals surface area (Å²) in [5.74, 6) is 0. The molecule has 4 heteroatoms. The van der Waals surface area contributed by atoms with Gasteiger partial charge in [-0.3, -0.25) is 0 Å². The number of rotatable bonds is 0. The first-order valence-electron chi connectivity index (χ1n) is 3.15. The fourth-order valence-corrected chi connectivity index (χ4v) is 0.678. The monoisotopic (exact) mass is 234 g/mol. The third kappa shape index (κ3) is 3.02. The molecule has 0 aromatic heterocycles. The van der Waals surface area contributed by atoms with Crippen molar-refractivity contribution in [2.45, 2.75) is 0 Å². The van der Waals surface area contributed by atoms with E-state index < -0.39 is 0 Å². The van der Waals surface area contributed by atoms with Crippen molar-refractivity contribution in [2.75, 3.05) is 0 Å². The number of hydrogen-bond donors (Lipinski definition) is 0. The number of nitriles is 2. The summed E-state index contributed by atoms with van der Waals surface area (Å²) >= 11 is 0.535. The number of nitrogens with zero attached hydrogens (tertiary/aromatic N) is 2. The molecule has 1 aromatic carbocycles. The Kier molecular flexibility index (Phi) is 6.32. The molecule has 0 aliphatic carbocycles. The molecular formula is C8H6ClGaN2. The van der Waals surface area contributed by atoms with Gasteiger partial charge in [-0.05, 0) is 12.1 Å². The van der Waals surface area contributed by atoms with Crippen LogP contribution in [0.3, 0.4) is 0 Å². The van der Waals surface area contributed by atoms with Crippen molar-refractivity contribution in [3.63, 3.8) is 0 Å². The third-order valence-electron chi connectivity index (χ3n) is 1.17. The van der Waals surface area contributed by atoms with E-state index in [-0.39, 0.29) is 0 Å². The van der Waals surface area contributed by atoms with Crippen LogP contribution < -0.4 is 0 Å². The van der Waals surface area contributed by atoms with E-state index in [1.807, 2.05) is 12.1 Å². The Morgan fingerprint density at radius 3 is 1.58 bits per heavy atom. The van der Waals surface area contributed by atoms with Crippen LogP contribution in [0.2, 0.25) is 0 Å². The Bertz CT molecular complexity index is 292. The van der Waals surface area contributed by atoms with E-state index >= 15 is 0 Å². The van der Waals surface area contributed by atoms with Crippen molar-refractivity contribution in [1.82, 2.24) is 0 Å². The normalized spacial score (nSPS) is 6.92. The van der Waals surface area contributed by atoms with Crippen molar-refractivity contribution < 1.29 is 0 Å². The maximum atomic E-state index is 8.45. The van der Waals surface area contributed by atoms with Crippen LogP contribution in [0, 0.1) is 22.7 Å². The van der Waals surface area contributed by atoms with Gasteiger partial charge in [0.2, 0.25) is 0 Å². The quantitative estimate of drug-likeness (QED) is 0.634. The van der Waals surface area contributed by atoms with Gasteiger partial charge >= 0.3 is 27.2 Å². The second-order valence-electron chi connectivity index (χ2n) is 1.77. The summed E-state index contributed by atoms with van der Waals surface area (Å²) < 4.78 is 0. The van der Waals surface area contributed by atoms with Gasteiger partial charge in [0.25, 0.3) is 0 Å². The molecule has 0 aliphatic heterocycles. The standard InChI is InChI=1S/C8H4N2.ClH.Ga.2H/c9-5-7-3-1-2-4-8(7)6-10;;;;/h1-4H;1H;;;/q;;+1;;/p-1. The molecule has 2 nitrogen and oxygen atoms in total. The first kappa shape index (κ1) is 11.1. The van der Waals surface area contributed by atoms with Crippen LogP contribution in [0.15, 0.2) is 24.3 Å². The molecule has 1 aromatic rings. The first-order chi connectivity index (χ1) is 5.88. The van der Waals surface area contributed by atoms with Gasteiger partial charge in [-0.15, -0.1) is 0 Å². The van der Waals surface area contributed by atoms with Gasteiger partial charge in [0.05, 0.1) is 11.1 Å². The summed E-state index contributed by atoms with van der Waals surface area (Å²) in [5.41, 5.74) is 0.870. The molecule has 0 aliphatic rings. The number of benzene rings is 1.